The summed E-state index contributed by atoms with van der Waals surface area (Å²) in [5.41, 5.74) is 6.11. The van der Waals surface area contributed by atoms with Gasteiger partial charge in [-0.3, -0.25) is 9.59 Å². The van der Waals surface area contributed by atoms with E-state index in [0.29, 0.717) is 17.0 Å². The van der Waals surface area contributed by atoms with Gasteiger partial charge in [0.2, 0.25) is 5.91 Å². The first kappa shape index (κ1) is 17.5. The summed E-state index contributed by atoms with van der Waals surface area (Å²) in [5.74, 6) is -0.244. The third-order valence-electron chi connectivity index (χ3n) is 3.00. The Labute approximate surface area is 150 Å². The average molecular weight is 442 g/mol. The molecule has 0 saturated heterocycles. The van der Waals surface area contributed by atoms with Crippen LogP contribution in [0.15, 0.2) is 51.4 Å². The van der Waals surface area contributed by atoms with Crippen LogP contribution in [-0.4, -0.2) is 17.9 Å². The van der Waals surface area contributed by atoms with E-state index in [9.17, 15) is 9.59 Å². The molecule has 0 aliphatic carbocycles. The Morgan fingerprint density at radius 2 is 1.78 bits per heavy atom. The van der Waals surface area contributed by atoms with E-state index in [4.69, 9.17) is 10.5 Å². The van der Waals surface area contributed by atoms with Crippen molar-refractivity contribution in [3.05, 3.63) is 57.0 Å². The molecule has 0 fully saturated rings. The Kier molecular flexibility index (Phi) is 5.79. The minimum Gasteiger partial charge on any atom is -0.480 e. The highest BCUT2D eigenvalue weighted by atomic mass is 79.9. The van der Waals surface area contributed by atoms with Crippen LogP contribution in [0.3, 0.4) is 0 Å². The second-order valence-electron chi connectivity index (χ2n) is 4.77. The van der Waals surface area contributed by atoms with E-state index in [1.54, 1.807) is 37.3 Å². The average Bonchev–Trinajstić information content (AvgIpc) is 2.50. The Balaban J connectivity index is 2.00. The number of nitrogens with one attached hydrogen (secondary N) is 1. The molecule has 0 radical (unpaired) electrons. The Morgan fingerprint density at radius 3 is 2.35 bits per heavy atom. The predicted octanol–water partition coefficient (Wildman–Crippen LogP) is 3.72. The number of primary amides is 1. The molecule has 23 heavy (non-hydrogen) atoms. The first-order valence-corrected chi connectivity index (χ1v) is 8.28. The second-order valence-corrected chi connectivity index (χ2v) is 6.54. The number of ether oxygens (including phenoxy) is 1. The number of halogens is 2. The molecule has 5 nitrogen and oxygen atoms in total. The molecule has 1 unspecified atom stereocenters. The molecule has 0 aliphatic rings. The van der Waals surface area contributed by atoms with Crippen LogP contribution < -0.4 is 15.8 Å². The van der Waals surface area contributed by atoms with Crippen LogP contribution >= 0.6 is 31.9 Å². The number of carbonyl (C=O) groups excluding carboxylic acids is 2. The molecule has 2 aromatic rings. The quantitative estimate of drug-likeness (QED) is 0.741. The summed E-state index contributed by atoms with van der Waals surface area (Å²) in [7, 11) is 0. The number of nitrogens with two attached hydrogens (primary N) is 1. The number of anilines is 1. The van der Waals surface area contributed by atoms with E-state index in [1.807, 2.05) is 12.1 Å². The first-order valence-electron chi connectivity index (χ1n) is 6.69. The fourth-order valence-corrected chi connectivity index (χ4v) is 2.92. The largest absolute Gasteiger partial charge is 0.480 e. The number of benzene rings is 2. The lowest BCUT2D eigenvalue weighted by Crippen LogP contribution is -2.30. The van der Waals surface area contributed by atoms with E-state index in [1.165, 1.54) is 0 Å². The van der Waals surface area contributed by atoms with Gasteiger partial charge in [0.1, 0.15) is 5.75 Å². The van der Waals surface area contributed by atoms with Gasteiger partial charge < -0.3 is 15.8 Å². The highest BCUT2D eigenvalue weighted by Gasteiger charge is 2.16. The van der Waals surface area contributed by atoms with Crippen LogP contribution in [0, 0.1) is 0 Å². The summed E-state index contributed by atoms with van der Waals surface area (Å²) in [6.07, 6.45) is -0.691. The Bertz CT molecular complexity index is 733. The first-order chi connectivity index (χ1) is 10.9. The van der Waals surface area contributed by atoms with Gasteiger partial charge in [0.05, 0.1) is 4.47 Å². The van der Waals surface area contributed by atoms with E-state index < -0.39 is 12.0 Å². The zero-order chi connectivity index (χ0) is 17.0. The number of amides is 2. The lowest BCUT2D eigenvalue weighted by atomic mass is 10.2. The Hall–Kier alpha value is -1.86. The van der Waals surface area contributed by atoms with E-state index in [-0.39, 0.29) is 5.91 Å². The third-order valence-corrected chi connectivity index (χ3v) is 4.12. The molecule has 0 heterocycles. The Morgan fingerprint density at radius 1 is 1.13 bits per heavy atom. The van der Waals surface area contributed by atoms with Crippen LogP contribution in [0.2, 0.25) is 0 Å². The molecular weight excluding hydrogens is 428 g/mol. The van der Waals surface area contributed by atoms with Crippen molar-refractivity contribution in [2.75, 3.05) is 5.32 Å². The number of hydrogen-bond acceptors (Lipinski definition) is 3. The third kappa shape index (κ3) is 4.80. The molecule has 0 aromatic heterocycles. The fraction of sp³-hybridized carbons (Fsp3) is 0.125. The lowest BCUT2D eigenvalue weighted by Gasteiger charge is -2.16. The van der Waals surface area contributed by atoms with Crippen molar-refractivity contribution in [3.63, 3.8) is 0 Å². The molecule has 2 aromatic carbocycles. The van der Waals surface area contributed by atoms with Crippen LogP contribution in [0.4, 0.5) is 5.69 Å². The zero-order valence-electron chi connectivity index (χ0n) is 12.2. The van der Waals surface area contributed by atoms with Crippen LogP contribution in [-0.2, 0) is 4.79 Å². The second kappa shape index (κ2) is 7.61. The summed E-state index contributed by atoms with van der Waals surface area (Å²) in [6, 6.07) is 11.7. The molecule has 7 heteroatoms. The topological polar surface area (TPSA) is 81.4 Å². The fourth-order valence-electron chi connectivity index (χ4n) is 1.78. The summed E-state index contributed by atoms with van der Waals surface area (Å²) in [4.78, 5) is 23.2. The van der Waals surface area contributed by atoms with Crippen molar-refractivity contribution >= 4 is 49.4 Å². The SMILES string of the molecule is CC(Oc1ccc(Br)cc1Br)C(=O)Nc1ccc(C(N)=O)cc1. The minimum atomic E-state index is -0.691. The van der Waals surface area contributed by atoms with Gasteiger partial charge in [0, 0.05) is 15.7 Å². The standard InChI is InChI=1S/C16H14Br2N2O3/c1-9(23-14-7-4-11(17)8-13(14)18)16(22)20-12-5-2-10(3-6-12)15(19)21/h2-9H,1H3,(H2,19,21)(H,20,22). The molecule has 1 atom stereocenters. The van der Waals surface area contributed by atoms with Gasteiger partial charge in [-0.2, -0.15) is 0 Å². The molecule has 0 bridgehead atoms. The van der Waals surface area contributed by atoms with E-state index >= 15 is 0 Å². The zero-order valence-corrected chi connectivity index (χ0v) is 15.3. The van der Waals surface area contributed by atoms with E-state index in [0.717, 1.165) is 8.95 Å². The minimum absolute atomic E-state index is 0.299. The summed E-state index contributed by atoms with van der Waals surface area (Å²) in [5, 5.41) is 2.72. The van der Waals surface area contributed by atoms with E-state index in [2.05, 4.69) is 37.2 Å². The van der Waals surface area contributed by atoms with Crippen molar-refractivity contribution in [2.45, 2.75) is 13.0 Å². The molecule has 3 N–H and O–H groups in total. The van der Waals surface area contributed by atoms with Gasteiger partial charge in [-0.05, 0) is 65.3 Å². The summed E-state index contributed by atoms with van der Waals surface area (Å²) >= 11 is 6.74. The molecule has 0 spiro atoms. The molecule has 0 aliphatic heterocycles. The summed E-state index contributed by atoms with van der Waals surface area (Å²) < 4.78 is 7.30. The smallest absolute Gasteiger partial charge is 0.265 e. The van der Waals surface area contributed by atoms with Crippen molar-refractivity contribution in [3.8, 4) is 5.75 Å². The molecule has 120 valence electrons. The maximum absolute atomic E-state index is 12.2. The predicted molar refractivity (Wildman–Crippen MR) is 95.5 cm³/mol. The van der Waals surface area contributed by atoms with Gasteiger partial charge in [-0.15, -0.1) is 0 Å². The van der Waals surface area contributed by atoms with Gasteiger partial charge in [-0.1, -0.05) is 15.9 Å². The van der Waals surface area contributed by atoms with Crippen molar-refractivity contribution in [1.82, 2.24) is 0 Å². The van der Waals surface area contributed by atoms with Crippen LogP contribution in [0.25, 0.3) is 0 Å². The molecule has 2 amide bonds. The summed E-state index contributed by atoms with van der Waals surface area (Å²) in [6.45, 7) is 1.65. The van der Waals surface area contributed by atoms with Crippen LogP contribution in [0.5, 0.6) is 5.75 Å². The maximum atomic E-state index is 12.2. The van der Waals surface area contributed by atoms with Crippen molar-refractivity contribution in [2.24, 2.45) is 5.73 Å². The number of carbonyl (C=O) groups is 2. The molecule has 0 saturated carbocycles. The molecular formula is C16H14Br2N2O3. The maximum Gasteiger partial charge on any atom is 0.265 e. The number of rotatable bonds is 5. The van der Waals surface area contributed by atoms with Gasteiger partial charge in [-0.25, -0.2) is 0 Å². The highest BCUT2D eigenvalue weighted by molar-refractivity contribution is 9.11. The van der Waals surface area contributed by atoms with Gasteiger partial charge in [0.15, 0.2) is 6.10 Å². The molecule has 2 rings (SSSR count). The van der Waals surface area contributed by atoms with Crippen LogP contribution in [0.1, 0.15) is 17.3 Å². The van der Waals surface area contributed by atoms with Gasteiger partial charge in [0.25, 0.3) is 5.91 Å². The number of hydrogen-bond donors (Lipinski definition) is 2. The van der Waals surface area contributed by atoms with Gasteiger partial charge >= 0.3 is 0 Å². The van der Waals surface area contributed by atoms with Crippen molar-refractivity contribution < 1.29 is 14.3 Å². The highest BCUT2D eigenvalue weighted by Crippen LogP contribution is 2.29. The lowest BCUT2D eigenvalue weighted by molar-refractivity contribution is -0.122. The monoisotopic (exact) mass is 440 g/mol. The van der Waals surface area contributed by atoms with Crippen molar-refractivity contribution in [1.29, 1.82) is 0 Å². The normalized spacial score (nSPS) is 11.6.